The van der Waals surface area contributed by atoms with Gasteiger partial charge in [-0.25, -0.2) is 4.39 Å². The normalized spacial score (nSPS) is 15.8. The maximum atomic E-state index is 13.2. The Labute approximate surface area is 82.9 Å². The topological polar surface area (TPSA) is 35.2 Å². The Balaban J connectivity index is 1.92. The maximum absolute atomic E-state index is 13.2. The summed E-state index contributed by atoms with van der Waals surface area (Å²) in [5, 5.41) is 0. The van der Waals surface area contributed by atoms with Crippen LogP contribution in [-0.2, 0) is 11.3 Å². The molecule has 0 spiro atoms. The molecule has 0 amide bonds. The van der Waals surface area contributed by atoms with E-state index in [1.54, 1.807) is 12.1 Å². The second-order valence-electron chi connectivity index (χ2n) is 3.77. The molecule has 2 N–H and O–H groups in total. The summed E-state index contributed by atoms with van der Waals surface area (Å²) in [6.45, 7) is 1.02. The molecule has 1 aromatic rings. The summed E-state index contributed by atoms with van der Waals surface area (Å²) < 4.78 is 18.6. The highest BCUT2D eigenvalue weighted by Crippen LogP contribution is 2.29. The highest BCUT2D eigenvalue weighted by atomic mass is 19.1. The number of nitrogens with two attached hydrogens (primary N) is 1. The van der Waals surface area contributed by atoms with Crippen LogP contribution >= 0.6 is 0 Å². The molecule has 3 heteroatoms. The molecule has 2 nitrogen and oxygen atoms in total. The van der Waals surface area contributed by atoms with E-state index in [4.69, 9.17) is 10.5 Å². The molecule has 0 radical (unpaired) electrons. The molecule has 76 valence electrons. The summed E-state index contributed by atoms with van der Waals surface area (Å²) in [4.78, 5) is 0. The Kier molecular flexibility index (Phi) is 2.68. The third-order valence-corrected chi connectivity index (χ3v) is 2.45. The number of benzene rings is 1. The van der Waals surface area contributed by atoms with Gasteiger partial charge in [-0.1, -0.05) is 6.07 Å². The SMILES string of the molecule is Nc1cccc(F)c1COCC1CC1. The number of anilines is 1. The average Bonchev–Trinajstić information content (AvgIpc) is 2.94. The molecule has 1 aromatic carbocycles. The molecule has 2 rings (SSSR count). The first-order valence-electron chi connectivity index (χ1n) is 4.88. The van der Waals surface area contributed by atoms with Crippen molar-refractivity contribution in [2.75, 3.05) is 12.3 Å². The minimum absolute atomic E-state index is 0.277. The van der Waals surface area contributed by atoms with E-state index in [9.17, 15) is 4.39 Å². The first kappa shape index (κ1) is 9.46. The van der Waals surface area contributed by atoms with Gasteiger partial charge in [-0.15, -0.1) is 0 Å². The van der Waals surface area contributed by atoms with Gasteiger partial charge in [-0.05, 0) is 30.9 Å². The number of ether oxygens (including phenoxy) is 1. The molecule has 1 saturated carbocycles. The maximum Gasteiger partial charge on any atom is 0.130 e. The third kappa shape index (κ3) is 2.23. The van der Waals surface area contributed by atoms with Crippen molar-refractivity contribution in [1.82, 2.24) is 0 Å². The van der Waals surface area contributed by atoms with Crippen LogP contribution in [0.4, 0.5) is 10.1 Å². The van der Waals surface area contributed by atoms with E-state index in [1.165, 1.54) is 18.9 Å². The van der Waals surface area contributed by atoms with Crippen molar-refractivity contribution in [1.29, 1.82) is 0 Å². The summed E-state index contributed by atoms with van der Waals surface area (Å²) in [6.07, 6.45) is 2.49. The number of nitrogen functional groups attached to an aromatic ring is 1. The minimum atomic E-state index is -0.277. The van der Waals surface area contributed by atoms with Crippen LogP contribution < -0.4 is 5.73 Å². The second kappa shape index (κ2) is 3.96. The quantitative estimate of drug-likeness (QED) is 0.748. The number of hydrogen-bond acceptors (Lipinski definition) is 2. The summed E-state index contributed by atoms with van der Waals surface area (Å²) in [5.74, 6) is 0.420. The smallest absolute Gasteiger partial charge is 0.130 e. The van der Waals surface area contributed by atoms with Gasteiger partial charge in [0, 0.05) is 17.9 Å². The van der Waals surface area contributed by atoms with E-state index in [2.05, 4.69) is 0 Å². The van der Waals surface area contributed by atoms with Crippen LogP contribution in [0.5, 0.6) is 0 Å². The molecular weight excluding hydrogens is 181 g/mol. The minimum Gasteiger partial charge on any atom is -0.398 e. The van der Waals surface area contributed by atoms with Crippen LogP contribution in [0.3, 0.4) is 0 Å². The van der Waals surface area contributed by atoms with Gasteiger partial charge in [0.1, 0.15) is 5.82 Å². The molecule has 0 aliphatic heterocycles. The van der Waals surface area contributed by atoms with E-state index < -0.39 is 0 Å². The predicted molar refractivity (Wildman–Crippen MR) is 53.2 cm³/mol. The monoisotopic (exact) mass is 195 g/mol. The van der Waals surface area contributed by atoms with Gasteiger partial charge < -0.3 is 10.5 Å². The first-order chi connectivity index (χ1) is 6.77. The molecule has 1 aliphatic carbocycles. The second-order valence-corrected chi connectivity index (χ2v) is 3.77. The zero-order chi connectivity index (χ0) is 9.97. The zero-order valence-corrected chi connectivity index (χ0v) is 8.00. The Bertz CT molecular complexity index is 303. The number of hydrogen-bond donors (Lipinski definition) is 1. The third-order valence-electron chi connectivity index (χ3n) is 2.45. The molecule has 0 saturated heterocycles. The van der Waals surface area contributed by atoms with E-state index >= 15 is 0 Å². The molecule has 0 bridgehead atoms. The highest BCUT2D eigenvalue weighted by Gasteiger charge is 2.21. The van der Waals surface area contributed by atoms with Crippen LogP contribution in [0.25, 0.3) is 0 Å². The molecule has 0 aromatic heterocycles. The fourth-order valence-corrected chi connectivity index (χ4v) is 1.34. The summed E-state index contributed by atoms with van der Waals surface area (Å²) in [6, 6.07) is 4.71. The standard InChI is InChI=1S/C11H14FNO/c12-10-2-1-3-11(13)9(10)7-14-6-8-4-5-8/h1-3,8H,4-7,13H2. The van der Waals surface area contributed by atoms with Crippen LogP contribution in [0, 0.1) is 11.7 Å². The predicted octanol–water partition coefficient (Wildman–Crippen LogP) is 2.33. The molecule has 0 unspecified atom stereocenters. The van der Waals surface area contributed by atoms with Crippen molar-refractivity contribution >= 4 is 5.69 Å². The van der Waals surface area contributed by atoms with Gasteiger partial charge in [-0.2, -0.15) is 0 Å². The number of halogens is 1. The first-order valence-corrected chi connectivity index (χ1v) is 4.88. The van der Waals surface area contributed by atoms with E-state index in [-0.39, 0.29) is 12.4 Å². The van der Waals surface area contributed by atoms with Crippen LogP contribution in [0.15, 0.2) is 18.2 Å². The fourth-order valence-electron chi connectivity index (χ4n) is 1.34. The van der Waals surface area contributed by atoms with E-state index in [1.807, 2.05) is 0 Å². The largest absolute Gasteiger partial charge is 0.398 e. The van der Waals surface area contributed by atoms with Crippen molar-refractivity contribution < 1.29 is 9.13 Å². The Morgan fingerprint density at radius 2 is 2.21 bits per heavy atom. The summed E-state index contributed by atoms with van der Waals surface area (Å²) in [7, 11) is 0. The molecule has 0 atom stereocenters. The van der Waals surface area contributed by atoms with Crippen LogP contribution in [-0.4, -0.2) is 6.61 Å². The summed E-state index contributed by atoms with van der Waals surface area (Å²) >= 11 is 0. The van der Waals surface area contributed by atoms with Gasteiger partial charge in [0.15, 0.2) is 0 Å². The van der Waals surface area contributed by atoms with Crippen molar-refractivity contribution in [3.05, 3.63) is 29.6 Å². The zero-order valence-electron chi connectivity index (χ0n) is 8.00. The van der Waals surface area contributed by atoms with E-state index in [0.717, 1.165) is 6.61 Å². The van der Waals surface area contributed by atoms with Crippen molar-refractivity contribution in [3.8, 4) is 0 Å². The van der Waals surface area contributed by atoms with Gasteiger partial charge in [0.25, 0.3) is 0 Å². The Morgan fingerprint density at radius 3 is 2.86 bits per heavy atom. The van der Waals surface area contributed by atoms with Crippen LogP contribution in [0.1, 0.15) is 18.4 Å². The van der Waals surface area contributed by atoms with Crippen molar-refractivity contribution in [3.63, 3.8) is 0 Å². The Hall–Kier alpha value is -1.09. The molecule has 1 aliphatic rings. The Morgan fingerprint density at radius 1 is 1.43 bits per heavy atom. The van der Waals surface area contributed by atoms with Gasteiger partial charge in [0.2, 0.25) is 0 Å². The molecular formula is C11H14FNO. The summed E-state index contributed by atoms with van der Waals surface area (Å²) in [5.41, 5.74) is 6.59. The lowest BCUT2D eigenvalue weighted by atomic mass is 10.2. The number of rotatable bonds is 4. The lowest BCUT2D eigenvalue weighted by Crippen LogP contribution is -2.02. The fraction of sp³-hybridized carbons (Fsp3) is 0.455. The molecule has 14 heavy (non-hydrogen) atoms. The molecule has 0 heterocycles. The van der Waals surface area contributed by atoms with Crippen LogP contribution in [0.2, 0.25) is 0 Å². The average molecular weight is 195 g/mol. The van der Waals surface area contributed by atoms with Gasteiger partial charge >= 0.3 is 0 Å². The lowest BCUT2D eigenvalue weighted by Gasteiger charge is -2.07. The van der Waals surface area contributed by atoms with Crippen molar-refractivity contribution in [2.24, 2.45) is 5.92 Å². The lowest BCUT2D eigenvalue weighted by molar-refractivity contribution is 0.109. The van der Waals surface area contributed by atoms with Crippen molar-refractivity contribution in [2.45, 2.75) is 19.4 Å². The van der Waals surface area contributed by atoms with Gasteiger partial charge in [-0.3, -0.25) is 0 Å². The van der Waals surface area contributed by atoms with E-state index in [0.29, 0.717) is 17.2 Å². The highest BCUT2D eigenvalue weighted by molar-refractivity contribution is 5.46. The van der Waals surface area contributed by atoms with Gasteiger partial charge in [0.05, 0.1) is 6.61 Å². The molecule has 1 fully saturated rings.